The molecule has 0 aliphatic carbocycles. The van der Waals surface area contributed by atoms with Crippen molar-refractivity contribution in [3.63, 3.8) is 0 Å². The van der Waals surface area contributed by atoms with E-state index >= 15 is 0 Å². The molecule has 1 aliphatic heterocycles. The Balaban J connectivity index is 1.69. The highest BCUT2D eigenvalue weighted by Crippen LogP contribution is 2.45. The van der Waals surface area contributed by atoms with Crippen molar-refractivity contribution in [1.82, 2.24) is 14.9 Å². The van der Waals surface area contributed by atoms with Gasteiger partial charge >= 0.3 is 0 Å². The minimum Gasteiger partial charge on any atom is -0.497 e. The van der Waals surface area contributed by atoms with E-state index in [0.717, 1.165) is 27.2 Å². The van der Waals surface area contributed by atoms with Gasteiger partial charge in [-0.15, -0.1) is 0 Å². The maximum absolute atomic E-state index is 5.88. The number of hydrogen-bond acceptors (Lipinski definition) is 4. The quantitative estimate of drug-likeness (QED) is 0.314. The largest absolute Gasteiger partial charge is 0.497 e. The van der Waals surface area contributed by atoms with Gasteiger partial charge in [-0.05, 0) is 66.8 Å². The van der Waals surface area contributed by atoms with Gasteiger partial charge in [-0.2, -0.15) is 0 Å². The van der Waals surface area contributed by atoms with Crippen LogP contribution in [0.15, 0.2) is 89.7 Å². The van der Waals surface area contributed by atoms with E-state index in [1.54, 1.807) is 20.4 Å². The minimum atomic E-state index is -0.182. The Morgan fingerprint density at radius 3 is 2.59 bits per heavy atom. The highest BCUT2D eigenvalue weighted by atomic mass is 79.9. The summed E-state index contributed by atoms with van der Waals surface area (Å²) in [6, 6.07) is 23.8. The van der Waals surface area contributed by atoms with Gasteiger partial charge in [-0.1, -0.05) is 28.1 Å². The molecule has 0 radical (unpaired) electrons. The molecule has 8 heteroatoms. The van der Waals surface area contributed by atoms with Crippen LogP contribution in [0, 0.1) is 0 Å². The van der Waals surface area contributed by atoms with E-state index in [4.69, 9.17) is 21.7 Å². The minimum absolute atomic E-state index is 0.165. The molecular weight excluding hydrogens is 512 g/mol. The first-order valence-electron chi connectivity index (χ1n) is 10.8. The highest BCUT2D eigenvalue weighted by Gasteiger charge is 2.43. The Hall–Kier alpha value is -3.36. The number of aromatic nitrogens is 2. The van der Waals surface area contributed by atoms with Crippen molar-refractivity contribution in [2.75, 3.05) is 19.1 Å². The van der Waals surface area contributed by atoms with E-state index in [1.807, 2.05) is 48.5 Å². The first kappa shape index (κ1) is 22.4. The number of ether oxygens (including phenoxy) is 2. The summed E-state index contributed by atoms with van der Waals surface area (Å²) in [4.78, 5) is 6.76. The number of hydrogen-bond donors (Lipinski definition) is 1. The third-order valence-corrected chi connectivity index (χ3v) is 6.72. The Kier molecular flexibility index (Phi) is 6.26. The topological polar surface area (TPSA) is 51.5 Å². The van der Waals surface area contributed by atoms with Crippen molar-refractivity contribution in [1.29, 1.82) is 0 Å². The summed E-state index contributed by atoms with van der Waals surface area (Å²) >= 11 is 9.48. The predicted octanol–water partition coefficient (Wildman–Crippen LogP) is 5.83. The smallest absolute Gasteiger partial charge is 0.174 e. The van der Waals surface area contributed by atoms with Crippen LogP contribution < -0.4 is 19.7 Å². The zero-order valence-corrected chi connectivity index (χ0v) is 21.1. The standard InChI is InChI=1S/C26H23BrN4O2S/c1-32-19-11-12-21(23(16-19)33-2)31-25(24(29-26(31)34)20-9-3-4-13-28-20)22-10-6-14-30(22)18-8-5-7-17(27)15-18/h3-16,24-25H,1-2H3,(H,29,34)/t24-,25+/m0/s1. The molecule has 0 amide bonds. The van der Waals surface area contributed by atoms with E-state index in [0.29, 0.717) is 16.6 Å². The zero-order chi connectivity index (χ0) is 23.7. The van der Waals surface area contributed by atoms with Crippen LogP contribution >= 0.6 is 28.1 Å². The average Bonchev–Trinajstić information content (AvgIpc) is 3.48. The van der Waals surface area contributed by atoms with Crippen molar-refractivity contribution in [2.45, 2.75) is 12.1 Å². The summed E-state index contributed by atoms with van der Waals surface area (Å²) in [5, 5.41) is 4.12. The number of benzene rings is 2. The molecule has 172 valence electrons. The van der Waals surface area contributed by atoms with Crippen LogP contribution in [0.4, 0.5) is 5.69 Å². The van der Waals surface area contributed by atoms with Gasteiger partial charge in [0.1, 0.15) is 17.5 Å². The SMILES string of the molecule is COc1ccc(N2C(=S)N[C@@H](c3ccccn3)[C@H]2c2cccn2-c2cccc(Br)c2)c(OC)c1. The number of halogens is 1. The monoisotopic (exact) mass is 534 g/mol. The van der Waals surface area contributed by atoms with Gasteiger partial charge in [0.2, 0.25) is 0 Å². The second kappa shape index (κ2) is 9.48. The second-order valence-corrected chi connectivity index (χ2v) is 9.12. The Morgan fingerprint density at radius 1 is 0.971 bits per heavy atom. The van der Waals surface area contributed by atoms with Crippen LogP contribution in [0.2, 0.25) is 0 Å². The molecule has 3 heterocycles. The maximum atomic E-state index is 5.88. The van der Waals surface area contributed by atoms with Crippen LogP contribution in [-0.4, -0.2) is 28.9 Å². The van der Waals surface area contributed by atoms with Gasteiger partial charge in [0.15, 0.2) is 5.11 Å². The molecule has 6 nitrogen and oxygen atoms in total. The van der Waals surface area contributed by atoms with E-state index < -0.39 is 0 Å². The fourth-order valence-electron chi connectivity index (χ4n) is 4.39. The highest BCUT2D eigenvalue weighted by molar-refractivity contribution is 9.10. The lowest BCUT2D eigenvalue weighted by Crippen LogP contribution is -2.30. The fraction of sp³-hybridized carbons (Fsp3) is 0.154. The van der Waals surface area contributed by atoms with Gasteiger partial charge in [-0.25, -0.2) is 0 Å². The van der Waals surface area contributed by atoms with Gasteiger partial charge in [0.25, 0.3) is 0 Å². The third-order valence-electron chi connectivity index (χ3n) is 5.91. The Labute approximate surface area is 212 Å². The molecule has 0 unspecified atom stereocenters. The average molecular weight is 535 g/mol. The van der Waals surface area contributed by atoms with E-state index in [9.17, 15) is 0 Å². The lowest BCUT2D eigenvalue weighted by atomic mass is 10.0. The molecule has 0 saturated carbocycles. The molecule has 34 heavy (non-hydrogen) atoms. The molecule has 2 aromatic carbocycles. The first-order valence-corrected chi connectivity index (χ1v) is 12.0. The first-order chi connectivity index (χ1) is 16.6. The number of anilines is 1. The number of nitrogens with one attached hydrogen (secondary N) is 1. The lowest BCUT2D eigenvalue weighted by molar-refractivity contribution is 0.394. The van der Waals surface area contributed by atoms with E-state index in [2.05, 4.69) is 66.2 Å². The molecule has 1 saturated heterocycles. The fourth-order valence-corrected chi connectivity index (χ4v) is 5.12. The molecule has 2 atom stereocenters. The molecule has 1 aliphatic rings. The molecule has 1 fully saturated rings. The van der Waals surface area contributed by atoms with Crippen LogP contribution in [0.25, 0.3) is 5.69 Å². The number of thiocarbonyl (C=S) groups is 1. The normalized spacial score (nSPS) is 17.5. The van der Waals surface area contributed by atoms with Gasteiger partial charge in [-0.3, -0.25) is 4.98 Å². The molecule has 4 aromatic rings. The van der Waals surface area contributed by atoms with E-state index in [1.165, 1.54) is 0 Å². The molecule has 0 spiro atoms. The van der Waals surface area contributed by atoms with Crippen LogP contribution in [-0.2, 0) is 0 Å². The van der Waals surface area contributed by atoms with Crippen LogP contribution in [0.5, 0.6) is 11.5 Å². The zero-order valence-electron chi connectivity index (χ0n) is 18.7. The molecular formula is C26H23BrN4O2S. The number of rotatable bonds is 6. The van der Waals surface area contributed by atoms with Crippen molar-refractivity contribution in [3.8, 4) is 17.2 Å². The summed E-state index contributed by atoms with van der Waals surface area (Å²) in [5.41, 5.74) is 3.88. The van der Waals surface area contributed by atoms with Gasteiger partial charge < -0.3 is 24.3 Å². The van der Waals surface area contributed by atoms with Crippen LogP contribution in [0.1, 0.15) is 23.5 Å². The molecule has 0 bridgehead atoms. The Morgan fingerprint density at radius 2 is 1.85 bits per heavy atom. The summed E-state index contributed by atoms with van der Waals surface area (Å²) in [7, 11) is 3.29. The maximum Gasteiger partial charge on any atom is 0.174 e. The summed E-state index contributed by atoms with van der Waals surface area (Å²) < 4.78 is 14.4. The van der Waals surface area contributed by atoms with Crippen molar-refractivity contribution in [3.05, 3.63) is 101 Å². The molecule has 5 rings (SSSR count). The third kappa shape index (κ3) is 4.03. The summed E-state index contributed by atoms with van der Waals surface area (Å²) in [6.07, 6.45) is 3.87. The summed E-state index contributed by atoms with van der Waals surface area (Å²) in [6.45, 7) is 0. The van der Waals surface area contributed by atoms with E-state index in [-0.39, 0.29) is 12.1 Å². The summed E-state index contributed by atoms with van der Waals surface area (Å²) in [5.74, 6) is 1.39. The predicted molar refractivity (Wildman–Crippen MR) is 141 cm³/mol. The molecule has 1 N–H and O–H groups in total. The van der Waals surface area contributed by atoms with Gasteiger partial charge in [0, 0.05) is 34.3 Å². The van der Waals surface area contributed by atoms with Crippen molar-refractivity contribution < 1.29 is 9.47 Å². The lowest BCUT2D eigenvalue weighted by Gasteiger charge is -2.30. The number of nitrogens with zero attached hydrogens (tertiary/aromatic N) is 3. The van der Waals surface area contributed by atoms with Gasteiger partial charge in [0.05, 0.1) is 31.6 Å². The van der Waals surface area contributed by atoms with Crippen molar-refractivity contribution in [2.24, 2.45) is 0 Å². The van der Waals surface area contributed by atoms with Crippen LogP contribution in [0.3, 0.4) is 0 Å². The number of pyridine rings is 1. The molecule has 2 aromatic heterocycles. The Bertz CT molecular complexity index is 1330. The number of methoxy groups -OCH3 is 2. The second-order valence-electron chi connectivity index (χ2n) is 7.82. The van der Waals surface area contributed by atoms with Crippen molar-refractivity contribution >= 4 is 38.9 Å².